The van der Waals surface area contributed by atoms with Gasteiger partial charge in [0.15, 0.2) is 11.6 Å². The molecule has 0 saturated carbocycles. The molecule has 2 rings (SSSR count). The fourth-order valence-corrected chi connectivity index (χ4v) is 2.71. The molecule has 0 bridgehead atoms. The Morgan fingerprint density at radius 2 is 0.931 bits per heavy atom. The Morgan fingerprint density at radius 3 is 1.21 bits per heavy atom. The zero-order valence-corrected chi connectivity index (χ0v) is 18.4. The van der Waals surface area contributed by atoms with Crippen LogP contribution in [0.4, 0.5) is 0 Å². The Balaban J connectivity index is 1.75. The maximum Gasteiger partial charge on any atom is 0.168 e. The molecule has 0 N–H and O–H groups in total. The molecule has 0 aliphatic carbocycles. The van der Waals surface area contributed by atoms with Gasteiger partial charge in [0.05, 0.1) is 13.2 Å². The predicted octanol–water partition coefficient (Wildman–Crippen LogP) is 5.99. The summed E-state index contributed by atoms with van der Waals surface area (Å²) in [6, 6.07) is 14.5. The summed E-state index contributed by atoms with van der Waals surface area (Å²) in [5.74, 6) is 1.71. The van der Waals surface area contributed by atoms with E-state index in [0.717, 1.165) is 17.9 Å². The molecular formula is C25H32O4. The summed E-state index contributed by atoms with van der Waals surface area (Å²) in [7, 11) is 0. The van der Waals surface area contributed by atoms with E-state index in [1.54, 1.807) is 24.3 Å². The summed E-state index contributed by atoms with van der Waals surface area (Å²) in [5, 5.41) is 0. The molecule has 0 unspecified atom stereocenters. The first-order chi connectivity index (χ1) is 13.5. The lowest BCUT2D eigenvalue weighted by molar-refractivity contribution is 0.0852. The van der Waals surface area contributed by atoms with Gasteiger partial charge in [-0.2, -0.15) is 0 Å². The van der Waals surface area contributed by atoms with Gasteiger partial charge in [0, 0.05) is 28.4 Å². The first-order valence-electron chi connectivity index (χ1n) is 10.0. The van der Waals surface area contributed by atoms with Gasteiger partial charge in [0.1, 0.15) is 11.5 Å². The zero-order chi connectivity index (χ0) is 21.7. The van der Waals surface area contributed by atoms with Gasteiger partial charge >= 0.3 is 0 Å². The van der Waals surface area contributed by atoms with Crippen LogP contribution in [0.2, 0.25) is 0 Å². The van der Waals surface area contributed by atoms with E-state index in [0.29, 0.717) is 24.3 Å². The Hall–Kier alpha value is -2.62. The Kier molecular flexibility index (Phi) is 7.23. The van der Waals surface area contributed by atoms with Crippen LogP contribution >= 0.6 is 0 Å². The van der Waals surface area contributed by atoms with Crippen LogP contribution < -0.4 is 9.47 Å². The third-order valence-corrected chi connectivity index (χ3v) is 4.42. The molecule has 0 aliphatic heterocycles. The summed E-state index contributed by atoms with van der Waals surface area (Å²) in [5.41, 5.74) is 0.610. The quantitative estimate of drug-likeness (QED) is 0.406. The minimum absolute atomic E-state index is 0.118. The number of ether oxygens (including phenoxy) is 2. The maximum absolute atomic E-state index is 12.2. The van der Waals surface area contributed by atoms with Gasteiger partial charge in [-0.05, 0) is 48.5 Å². The summed E-state index contributed by atoms with van der Waals surface area (Å²) in [4.78, 5) is 24.5. The molecule has 0 radical (unpaired) electrons. The van der Waals surface area contributed by atoms with Crippen molar-refractivity contribution in [1.82, 2.24) is 0 Å². The second-order valence-corrected chi connectivity index (χ2v) is 9.26. The molecular weight excluding hydrogens is 364 g/mol. The summed E-state index contributed by atoms with van der Waals surface area (Å²) in [6.45, 7) is 12.5. The Labute approximate surface area is 174 Å². The number of hydrogen-bond donors (Lipinski definition) is 0. The molecule has 4 heteroatoms. The zero-order valence-electron chi connectivity index (χ0n) is 18.4. The third kappa shape index (κ3) is 6.74. The van der Waals surface area contributed by atoms with Crippen LogP contribution in [0.25, 0.3) is 0 Å². The van der Waals surface area contributed by atoms with Crippen LogP contribution in [-0.4, -0.2) is 24.8 Å². The van der Waals surface area contributed by atoms with E-state index in [4.69, 9.17) is 9.47 Å². The third-order valence-electron chi connectivity index (χ3n) is 4.42. The molecule has 0 atom stereocenters. The maximum atomic E-state index is 12.2. The number of carbonyl (C=O) groups is 2. The van der Waals surface area contributed by atoms with E-state index in [1.807, 2.05) is 65.8 Å². The summed E-state index contributed by atoms with van der Waals surface area (Å²) >= 11 is 0. The minimum atomic E-state index is -0.391. The van der Waals surface area contributed by atoms with E-state index < -0.39 is 10.8 Å². The van der Waals surface area contributed by atoms with Crippen LogP contribution in [0.1, 0.15) is 68.7 Å². The van der Waals surface area contributed by atoms with Crippen LogP contribution in [0.15, 0.2) is 48.5 Å². The number of ketones is 2. The van der Waals surface area contributed by atoms with Gasteiger partial charge in [0.25, 0.3) is 0 Å². The number of rotatable bonds is 8. The fourth-order valence-electron chi connectivity index (χ4n) is 2.71. The van der Waals surface area contributed by atoms with E-state index in [-0.39, 0.29) is 11.6 Å². The van der Waals surface area contributed by atoms with Crippen molar-refractivity contribution in [2.24, 2.45) is 10.8 Å². The molecule has 29 heavy (non-hydrogen) atoms. The second kappa shape index (κ2) is 9.25. The second-order valence-electron chi connectivity index (χ2n) is 9.26. The monoisotopic (exact) mass is 396 g/mol. The van der Waals surface area contributed by atoms with Gasteiger partial charge in [-0.1, -0.05) is 41.5 Å². The molecule has 0 amide bonds. The van der Waals surface area contributed by atoms with E-state index in [2.05, 4.69) is 0 Å². The lowest BCUT2D eigenvalue weighted by atomic mass is 9.86. The molecule has 0 fully saturated rings. The van der Waals surface area contributed by atoms with Gasteiger partial charge in [-0.15, -0.1) is 0 Å². The van der Waals surface area contributed by atoms with Crippen molar-refractivity contribution in [2.75, 3.05) is 13.2 Å². The average molecular weight is 397 g/mol. The number of Topliss-reactive ketones (excluding diaryl/α,β-unsaturated/α-hetero) is 2. The van der Waals surface area contributed by atoms with E-state index >= 15 is 0 Å². The van der Waals surface area contributed by atoms with Crippen molar-refractivity contribution >= 4 is 11.6 Å². The van der Waals surface area contributed by atoms with Gasteiger partial charge in [-0.3, -0.25) is 9.59 Å². The minimum Gasteiger partial charge on any atom is -0.493 e. The molecule has 2 aromatic rings. The molecule has 0 spiro atoms. The SMILES string of the molecule is CC(C)(C)C(=O)c1ccc(OCCCOc2ccc(C(=O)C(C)(C)C)cc2)cc1. The van der Waals surface area contributed by atoms with Crippen molar-refractivity contribution in [3.63, 3.8) is 0 Å². The smallest absolute Gasteiger partial charge is 0.168 e. The van der Waals surface area contributed by atoms with E-state index in [1.165, 1.54) is 0 Å². The molecule has 0 heterocycles. The number of hydrogen-bond acceptors (Lipinski definition) is 4. The topological polar surface area (TPSA) is 52.6 Å². The number of benzene rings is 2. The fraction of sp³-hybridized carbons (Fsp3) is 0.440. The standard InChI is InChI=1S/C25H32O4/c1-24(2,3)22(26)18-8-12-20(13-9-18)28-16-7-17-29-21-14-10-19(11-15-21)23(27)25(4,5)6/h8-15H,7,16-17H2,1-6H3. The van der Waals surface area contributed by atoms with Crippen LogP contribution in [0.3, 0.4) is 0 Å². The van der Waals surface area contributed by atoms with Gasteiger partial charge in [-0.25, -0.2) is 0 Å². The highest BCUT2D eigenvalue weighted by atomic mass is 16.5. The lowest BCUT2D eigenvalue weighted by Crippen LogP contribution is -2.20. The molecule has 0 aliphatic rings. The van der Waals surface area contributed by atoms with Gasteiger partial charge < -0.3 is 9.47 Å². The first-order valence-corrected chi connectivity index (χ1v) is 10.0. The van der Waals surface area contributed by atoms with Crippen molar-refractivity contribution in [3.8, 4) is 11.5 Å². The number of carbonyl (C=O) groups excluding carboxylic acids is 2. The van der Waals surface area contributed by atoms with E-state index in [9.17, 15) is 9.59 Å². The summed E-state index contributed by atoms with van der Waals surface area (Å²) in [6.07, 6.45) is 0.728. The molecule has 4 nitrogen and oxygen atoms in total. The largest absolute Gasteiger partial charge is 0.493 e. The normalized spacial score (nSPS) is 11.8. The van der Waals surface area contributed by atoms with Crippen molar-refractivity contribution in [2.45, 2.75) is 48.0 Å². The summed E-state index contributed by atoms with van der Waals surface area (Å²) < 4.78 is 11.4. The van der Waals surface area contributed by atoms with Crippen molar-refractivity contribution in [3.05, 3.63) is 59.7 Å². The average Bonchev–Trinajstić information content (AvgIpc) is 2.66. The molecule has 2 aromatic carbocycles. The van der Waals surface area contributed by atoms with Crippen LogP contribution in [-0.2, 0) is 0 Å². The lowest BCUT2D eigenvalue weighted by Gasteiger charge is -2.17. The highest BCUT2D eigenvalue weighted by Crippen LogP contribution is 2.23. The van der Waals surface area contributed by atoms with Crippen LogP contribution in [0, 0.1) is 10.8 Å². The van der Waals surface area contributed by atoms with Crippen molar-refractivity contribution in [1.29, 1.82) is 0 Å². The Bertz CT molecular complexity index is 748. The van der Waals surface area contributed by atoms with Gasteiger partial charge in [0.2, 0.25) is 0 Å². The van der Waals surface area contributed by atoms with Crippen molar-refractivity contribution < 1.29 is 19.1 Å². The molecule has 0 saturated heterocycles. The molecule has 156 valence electrons. The predicted molar refractivity (Wildman–Crippen MR) is 116 cm³/mol. The first kappa shape index (κ1) is 22.7. The molecule has 0 aromatic heterocycles. The highest BCUT2D eigenvalue weighted by Gasteiger charge is 2.23. The Morgan fingerprint density at radius 1 is 0.621 bits per heavy atom. The van der Waals surface area contributed by atoms with Crippen LogP contribution in [0.5, 0.6) is 11.5 Å². The highest BCUT2D eigenvalue weighted by molar-refractivity contribution is 6.00.